The minimum atomic E-state index is -0.873. The van der Waals surface area contributed by atoms with Crippen LogP contribution >= 0.6 is 0 Å². The Morgan fingerprint density at radius 1 is 1.21 bits per heavy atom. The SMILES string of the molecule is COc1cc(/C=C(\C#N)C(=O)c2c(N)n(C)c(=O)n(C)c2=O)ccc1OC(C)C. The largest absolute Gasteiger partial charge is 0.493 e. The average molecular weight is 398 g/mol. The Hall–Kier alpha value is -3.80. The smallest absolute Gasteiger partial charge is 0.332 e. The fourth-order valence-electron chi connectivity index (χ4n) is 2.65. The van der Waals surface area contributed by atoms with E-state index in [1.165, 1.54) is 27.3 Å². The maximum Gasteiger partial charge on any atom is 0.332 e. The van der Waals surface area contributed by atoms with Crippen molar-refractivity contribution in [2.24, 2.45) is 14.1 Å². The van der Waals surface area contributed by atoms with Gasteiger partial charge in [0.1, 0.15) is 23.0 Å². The van der Waals surface area contributed by atoms with Gasteiger partial charge in [-0.3, -0.25) is 18.7 Å². The van der Waals surface area contributed by atoms with Crippen molar-refractivity contribution >= 4 is 17.7 Å². The number of ketones is 1. The molecule has 0 aliphatic carbocycles. The number of carbonyl (C=O) groups is 1. The molecule has 9 heteroatoms. The zero-order chi connectivity index (χ0) is 21.9. The standard InChI is InChI=1S/C20H22N4O5/c1-11(2)29-14-7-6-12(9-15(14)28-5)8-13(10-21)17(25)16-18(22)23(3)20(27)24(4)19(16)26/h6-9,11H,22H2,1-5H3/b13-8+. The fourth-order valence-corrected chi connectivity index (χ4v) is 2.65. The number of hydrogen-bond acceptors (Lipinski definition) is 7. The van der Waals surface area contributed by atoms with E-state index in [2.05, 4.69) is 0 Å². The van der Waals surface area contributed by atoms with Crippen LogP contribution in [0.2, 0.25) is 0 Å². The number of nitriles is 1. The minimum Gasteiger partial charge on any atom is -0.493 e. The van der Waals surface area contributed by atoms with Crippen LogP contribution in [0, 0.1) is 11.3 Å². The van der Waals surface area contributed by atoms with Gasteiger partial charge in [0.15, 0.2) is 11.5 Å². The zero-order valence-electron chi connectivity index (χ0n) is 16.8. The Morgan fingerprint density at radius 3 is 2.41 bits per heavy atom. The third kappa shape index (κ3) is 4.21. The number of rotatable bonds is 6. The van der Waals surface area contributed by atoms with Gasteiger partial charge < -0.3 is 15.2 Å². The molecule has 1 heterocycles. The Morgan fingerprint density at radius 2 is 1.86 bits per heavy atom. The second-order valence-corrected chi connectivity index (χ2v) is 6.54. The molecule has 9 nitrogen and oxygen atoms in total. The first kappa shape index (κ1) is 21.5. The van der Waals surface area contributed by atoms with Gasteiger partial charge in [0.25, 0.3) is 5.56 Å². The molecule has 152 valence electrons. The summed E-state index contributed by atoms with van der Waals surface area (Å²) in [6.07, 6.45) is 1.25. The van der Waals surface area contributed by atoms with Gasteiger partial charge in [0.2, 0.25) is 5.78 Å². The van der Waals surface area contributed by atoms with E-state index in [1.54, 1.807) is 24.3 Å². The van der Waals surface area contributed by atoms with Crippen LogP contribution in [0.4, 0.5) is 5.82 Å². The van der Waals surface area contributed by atoms with Gasteiger partial charge >= 0.3 is 5.69 Å². The van der Waals surface area contributed by atoms with Gasteiger partial charge in [0, 0.05) is 14.1 Å². The molecule has 1 aromatic heterocycles. The molecule has 0 aliphatic heterocycles. The molecule has 0 bridgehead atoms. The summed E-state index contributed by atoms with van der Waals surface area (Å²) in [6, 6.07) is 6.69. The molecule has 0 saturated heterocycles. The van der Waals surface area contributed by atoms with Crippen LogP contribution in [-0.2, 0) is 14.1 Å². The number of ether oxygens (including phenoxy) is 2. The highest BCUT2D eigenvalue weighted by Crippen LogP contribution is 2.30. The van der Waals surface area contributed by atoms with Crippen molar-refractivity contribution in [2.75, 3.05) is 12.8 Å². The van der Waals surface area contributed by atoms with E-state index in [1.807, 2.05) is 13.8 Å². The van der Waals surface area contributed by atoms with Crippen molar-refractivity contribution in [1.29, 1.82) is 5.26 Å². The van der Waals surface area contributed by atoms with Crippen molar-refractivity contribution in [3.05, 3.63) is 55.7 Å². The monoisotopic (exact) mass is 398 g/mol. The van der Waals surface area contributed by atoms with Crippen LogP contribution in [-0.4, -0.2) is 28.1 Å². The van der Waals surface area contributed by atoms with Crippen LogP contribution in [0.15, 0.2) is 33.4 Å². The van der Waals surface area contributed by atoms with Gasteiger partial charge in [-0.15, -0.1) is 0 Å². The van der Waals surface area contributed by atoms with Crippen LogP contribution in [0.5, 0.6) is 11.5 Å². The van der Waals surface area contributed by atoms with Gasteiger partial charge in [-0.05, 0) is 37.6 Å². The summed E-state index contributed by atoms with van der Waals surface area (Å²) < 4.78 is 12.7. The van der Waals surface area contributed by atoms with Crippen LogP contribution in [0.1, 0.15) is 29.8 Å². The summed E-state index contributed by atoms with van der Waals surface area (Å²) in [5.74, 6) is -0.236. The van der Waals surface area contributed by atoms with Crippen LogP contribution < -0.4 is 26.5 Å². The number of anilines is 1. The Labute approximate surface area is 167 Å². The number of nitrogens with two attached hydrogens (primary N) is 1. The molecule has 2 aromatic rings. The molecule has 0 aliphatic rings. The van der Waals surface area contributed by atoms with E-state index < -0.39 is 22.6 Å². The maximum atomic E-state index is 12.8. The molecule has 2 rings (SSSR count). The molecule has 0 spiro atoms. The summed E-state index contributed by atoms with van der Waals surface area (Å²) in [6.45, 7) is 3.75. The Kier molecular flexibility index (Phi) is 6.28. The Balaban J connectivity index is 2.57. The number of carbonyl (C=O) groups excluding carboxylic acids is 1. The van der Waals surface area contributed by atoms with Crippen molar-refractivity contribution in [1.82, 2.24) is 9.13 Å². The molecule has 29 heavy (non-hydrogen) atoms. The summed E-state index contributed by atoms with van der Waals surface area (Å²) in [7, 11) is 4.04. The number of allylic oxidation sites excluding steroid dienone is 1. The lowest BCUT2D eigenvalue weighted by molar-refractivity contribution is 0.103. The average Bonchev–Trinajstić information content (AvgIpc) is 2.69. The third-order valence-electron chi connectivity index (χ3n) is 4.16. The first-order chi connectivity index (χ1) is 13.6. The molecule has 0 amide bonds. The lowest BCUT2D eigenvalue weighted by Crippen LogP contribution is -2.41. The first-order valence-corrected chi connectivity index (χ1v) is 8.69. The summed E-state index contributed by atoms with van der Waals surface area (Å²) in [5.41, 5.74) is 4.01. The van der Waals surface area contributed by atoms with E-state index in [9.17, 15) is 19.6 Å². The van der Waals surface area contributed by atoms with Crippen LogP contribution in [0.25, 0.3) is 6.08 Å². The lowest BCUT2D eigenvalue weighted by Gasteiger charge is -2.14. The van der Waals surface area contributed by atoms with Gasteiger partial charge in [-0.25, -0.2) is 4.79 Å². The van der Waals surface area contributed by atoms with Crippen molar-refractivity contribution in [3.8, 4) is 17.6 Å². The molecular formula is C20H22N4O5. The lowest BCUT2D eigenvalue weighted by atomic mass is 10.0. The summed E-state index contributed by atoms with van der Waals surface area (Å²) >= 11 is 0. The number of nitrogen functional groups attached to an aromatic ring is 1. The van der Waals surface area contributed by atoms with Gasteiger partial charge in [0.05, 0.1) is 13.2 Å². The number of hydrogen-bond donors (Lipinski definition) is 1. The van der Waals surface area contributed by atoms with E-state index in [-0.39, 0.29) is 17.5 Å². The summed E-state index contributed by atoms with van der Waals surface area (Å²) in [5, 5.41) is 9.48. The highest BCUT2D eigenvalue weighted by molar-refractivity contribution is 6.16. The third-order valence-corrected chi connectivity index (χ3v) is 4.16. The fraction of sp³-hybridized carbons (Fsp3) is 0.300. The van der Waals surface area contributed by atoms with Gasteiger partial charge in [-0.1, -0.05) is 6.07 Å². The summed E-state index contributed by atoms with van der Waals surface area (Å²) in [4.78, 5) is 37.2. The molecular weight excluding hydrogens is 376 g/mol. The number of Topliss-reactive ketones (excluding diaryl/α,β-unsaturated/α-hetero) is 1. The number of nitrogens with zero attached hydrogens (tertiary/aromatic N) is 3. The normalized spacial score (nSPS) is 11.3. The molecule has 0 fully saturated rings. The molecule has 1 aromatic carbocycles. The van der Waals surface area contributed by atoms with Gasteiger partial charge in [-0.2, -0.15) is 5.26 Å². The van der Waals surface area contributed by atoms with Crippen molar-refractivity contribution in [2.45, 2.75) is 20.0 Å². The predicted molar refractivity (Wildman–Crippen MR) is 108 cm³/mol. The topological polar surface area (TPSA) is 129 Å². The first-order valence-electron chi connectivity index (χ1n) is 8.69. The van der Waals surface area contributed by atoms with E-state index in [0.717, 1.165) is 9.13 Å². The van der Waals surface area contributed by atoms with E-state index in [0.29, 0.717) is 17.1 Å². The van der Waals surface area contributed by atoms with E-state index in [4.69, 9.17) is 15.2 Å². The Bertz CT molecular complexity index is 1150. The molecule has 2 N–H and O–H groups in total. The second-order valence-electron chi connectivity index (χ2n) is 6.54. The molecule has 0 atom stereocenters. The van der Waals surface area contributed by atoms with Crippen molar-refractivity contribution in [3.63, 3.8) is 0 Å². The number of aromatic nitrogens is 2. The van der Waals surface area contributed by atoms with Crippen molar-refractivity contribution < 1.29 is 14.3 Å². The molecule has 0 saturated carbocycles. The molecule has 0 radical (unpaired) electrons. The van der Waals surface area contributed by atoms with E-state index >= 15 is 0 Å². The zero-order valence-corrected chi connectivity index (χ0v) is 16.8. The quantitative estimate of drug-likeness (QED) is 0.440. The number of benzene rings is 1. The second kappa shape index (κ2) is 8.48. The predicted octanol–water partition coefficient (Wildman–Crippen LogP) is 1.25. The van der Waals surface area contributed by atoms with Crippen LogP contribution in [0.3, 0.4) is 0 Å². The molecule has 0 unspecified atom stereocenters. The highest BCUT2D eigenvalue weighted by Gasteiger charge is 2.23. The maximum absolute atomic E-state index is 12.8. The number of methoxy groups -OCH3 is 1. The minimum absolute atomic E-state index is 0.0644. The highest BCUT2D eigenvalue weighted by atomic mass is 16.5.